The number of ketones is 2. The Bertz CT molecular complexity index is 1340. The number of hydrogen-bond acceptors (Lipinski definition) is 5. The van der Waals surface area contributed by atoms with Crippen LogP contribution in [0.25, 0.3) is 0 Å². The zero-order valence-corrected chi connectivity index (χ0v) is 22.9. The van der Waals surface area contributed by atoms with Crippen LogP contribution in [0.1, 0.15) is 45.6 Å². The Morgan fingerprint density at radius 3 is 2.45 bits per heavy atom. The van der Waals surface area contributed by atoms with Gasteiger partial charge in [-0.3, -0.25) is 14.5 Å². The Labute approximate surface area is 230 Å². The number of rotatable bonds is 4. The lowest BCUT2D eigenvalue weighted by atomic mass is 9.38. The summed E-state index contributed by atoms with van der Waals surface area (Å²) in [5, 5.41) is 21.9. The van der Waals surface area contributed by atoms with Crippen LogP contribution in [0.15, 0.2) is 42.0 Å². The highest BCUT2D eigenvalue weighted by molar-refractivity contribution is 6.01. The van der Waals surface area contributed by atoms with E-state index in [0.29, 0.717) is 18.5 Å². The standard InChI is InChI=1S/C31H35F4NO4/c1-27-5-4-21(38)9-22(27)23(34)10-24-28(2)11-18-14-36(13-17-6-19(32)8-20(33)7-17)16-30(18,26(40)15-37)29(28,3)12-25(39)31(24,27)35/h4-9,18,23-25,37,39H,10-16H2,1-3H3. The fourth-order valence-electron chi connectivity index (χ4n) is 10.1. The van der Waals surface area contributed by atoms with Crippen molar-refractivity contribution in [3.8, 4) is 0 Å². The summed E-state index contributed by atoms with van der Waals surface area (Å²) in [6.07, 6.45) is 0.646. The van der Waals surface area contributed by atoms with Gasteiger partial charge in [-0.25, -0.2) is 17.6 Å². The molecule has 9 heteroatoms. The molecule has 0 radical (unpaired) electrons. The van der Waals surface area contributed by atoms with Gasteiger partial charge < -0.3 is 10.2 Å². The summed E-state index contributed by atoms with van der Waals surface area (Å²) < 4.78 is 61.3. The van der Waals surface area contributed by atoms with Gasteiger partial charge in [-0.2, -0.15) is 0 Å². The minimum atomic E-state index is -2.28. The number of allylic oxidation sites excluding steroid dienone is 4. The predicted molar refractivity (Wildman–Crippen MR) is 138 cm³/mol. The molecular weight excluding hydrogens is 526 g/mol. The maximum atomic E-state index is 17.7. The summed E-state index contributed by atoms with van der Waals surface area (Å²) in [5.74, 6) is -3.56. The van der Waals surface area contributed by atoms with Gasteiger partial charge >= 0.3 is 0 Å². The lowest BCUT2D eigenvalue weighted by molar-refractivity contribution is -0.242. The number of carbonyl (C=O) groups is 2. The van der Waals surface area contributed by atoms with E-state index in [1.54, 1.807) is 6.92 Å². The Hall–Kier alpha value is -2.36. The lowest BCUT2D eigenvalue weighted by Gasteiger charge is -2.67. The van der Waals surface area contributed by atoms with E-state index in [9.17, 15) is 28.6 Å². The first-order chi connectivity index (χ1) is 18.7. The molecule has 216 valence electrons. The van der Waals surface area contributed by atoms with Crippen molar-refractivity contribution in [3.63, 3.8) is 0 Å². The topological polar surface area (TPSA) is 77.8 Å². The fraction of sp³-hybridized carbons (Fsp3) is 0.613. The van der Waals surface area contributed by atoms with E-state index in [-0.39, 0.29) is 37.4 Å². The van der Waals surface area contributed by atoms with Crippen molar-refractivity contribution in [1.82, 2.24) is 4.90 Å². The number of Topliss-reactive ketones (excluding diaryl/α,β-unsaturated/α-hetero) is 1. The van der Waals surface area contributed by atoms with Crippen molar-refractivity contribution in [3.05, 3.63) is 59.2 Å². The Kier molecular flexibility index (Phi) is 5.96. The molecule has 40 heavy (non-hydrogen) atoms. The van der Waals surface area contributed by atoms with Gasteiger partial charge in [0.1, 0.15) is 24.4 Å². The largest absolute Gasteiger partial charge is 0.390 e. The van der Waals surface area contributed by atoms with Crippen molar-refractivity contribution in [2.75, 3.05) is 19.7 Å². The van der Waals surface area contributed by atoms with Crippen LogP contribution in [0, 0.1) is 45.1 Å². The van der Waals surface area contributed by atoms with E-state index in [2.05, 4.69) is 0 Å². The van der Waals surface area contributed by atoms with Crippen molar-refractivity contribution >= 4 is 11.6 Å². The molecule has 1 aromatic carbocycles. The minimum Gasteiger partial charge on any atom is -0.390 e. The van der Waals surface area contributed by atoms with Gasteiger partial charge in [-0.05, 0) is 78.4 Å². The van der Waals surface area contributed by atoms with E-state index in [1.165, 1.54) is 24.3 Å². The summed E-state index contributed by atoms with van der Waals surface area (Å²) in [4.78, 5) is 27.8. The quantitative estimate of drug-likeness (QED) is 0.538. The highest BCUT2D eigenvalue weighted by Crippen LogP contribution is 2.79. The van der Waals surface area contributed by atoms with Crippen LogP contribution >= 0.6 is 0 Å². The maximum Gasteiger partial charge on any atom is 0.178 e. The molecule has 9 unspecified atom stereocenters. The molecule has 1 saturated heterocycles. The molecule has 1 aromatic rings. The summed E-state index contributed by atoms with van der Waals surface area (Å²) in [6, 6.07) is 3.27. The van der Waals surface area contributed by atoms with Crippen molar-refractivity contribution < 1.29 is 37.4 Å². The van der Waals surface area contributed by atoms with Gasteiger partial charge in [0.2, 0.25) is 0 Å². The molecular formula is C31H35F4NO4. The first-order valence-corrected chi connectivity index (χ1v) is 13.9. The number of carbonyl (C=O) groups excluding carboxylic acids is 2. The van der Waals surface area contributed by atoms with E-state index in [1.807, 2.05) is 18.7 Å². The van der Waals surface area contributed by atoms with Gasteiger partial charge in [-0.15, -0.1) is 0 Å². The van der Waals surface area contributed by atoms with E-state index in [4.69, 9.17) is 0 Å². The van der Waals surface area contributed by atoms with Crippen molar-refractivity contribution in [2.45, 2.75) is 64.5 Å². The van der Waals surface area contributed by atoms with Crippen LogP contribution < -0.4 is 0 Å². The minimum absolute atomic E-state index is 0.0397. The van der Waals surface area contributed by atoms with Crippen molar-refractivity contribution in [1.29, 1.82) is 0 Å². The average molecular weight is 562 g/mol. The number of aliphatic hydroxyl groups is 2. The average Bonchev–Trinajstić information content (AvgIpc) is 3.31. The number of benzene rings is 1. The molecule has 0 amide bonds. The fourth-order valence-corrected chi connectivity index (χ4v) is 10.1. The third kappa shape index (κ3) is 3.20. The Balaban J connectivity index is 1.43. The van der Waals surface area contributed by atoms with Gasteiger partial charge in [0.25, 0.3) is 0 Å². The number of likely N-dealkylation sites (tertiary alicyclic amines) is 1. The second-order valence-corrected chi connectivity index (χ2v) is 13.4. The monoisotopic (exact) mass is 561 g/mol. The number of hydrogen-bond donors (Lipinski definition) is 2. The number of aliphatic hydroxyl groups excluding tert-OH is 2. The zero-order valence-electron chi connectivity index (χ0n) is 22.9. The Morgan fingerprint density at radius 1 is 1.12 bits per heavy atom. The molecule has 0 spiro atoms. The molecule has 6 rings (SSSR count). The number of fused-ring (bicyclic) bond motifs is 7. The summed E-state index contributed by atoms with van der Waals surface area (Å²) >= 11 is 0. The molecule has 1 aliphatic heterocycles. The molecule has 4 fully saturated rings. The smallest absolute Gasteiger partial charge is 0.178 e. The highest BCUT2D eigenvalue weighted by atomic mass is 19.2. The van der Waals surface area contributed by atoms with Crippen LogP contribution in [-0.2, 0) is 16.1 Å². The molecule has 2 N–H and O–H groups in total. The van der Waals surface area contributed by atoms with Gasteiger partial charge in [0.05, 0.1) is 11.5 Å². The van der Waals surface area contributed by atoms with Gasteiger partial charge in [0.15, 0.2) is 17.2 Å². The molecule has 1 heterocycles. The van der Waals surface area contributed by atoms with Crippen LogP contribution in [0.3, 0.4) is 0 Å². The Morgan fingerprint density at radius 2 is 1.80 bits per heavy atom. The maximum absolute atomic E-state index is 17.7. The molecule has 9 atom stereocenters. The summed E-state index contributed by atoms with van der Waals surface area (Å²) in [6.45, 7) is 5.25. The van der Waals surface area contributed by atoms with Gasteiger partial charge in [0, 0.05) is 37.0 Å². The SMILES string of the molecule is CC12C=CC(=O)C=C1C(F)CC1C3(C)CC4CN(Cc5cc(F)cc(F)c5)CC4(C(=O)CO)C3(C)CC(O)C12F. The molecule has 3 saturated carbocycles. The molecule has 5 aliphatic rings. The molecule has 5 nitrogen and oxygen atoms in total. The van der Waals surface area contributed by atoms with Crippen molar-refractivity contribution in [2.24, 2.45) is 33.5 Å². The van der Waals surface area contributed by atoms with Gasteiger partial charge in [-0.1, -0.05) is 19.9 Å². The van der Waals surface area contributed by atoms with E-state index >= 15 is 8.78 Å². The van der Waals surface area contributed by atoms with Crippen LogP contribution in [0.4, 0.5) is 17.6 Å². The first kappa shape index (κ1) is 27.8. The summed E-state index contributed by atoms with van der Waals surface area (Å²) in [5.41, 5.74) is -6.50. The molecule has 0 aromatic heterocycles. The second-order valence-electron chi connectivity index (χ2n) is 13.4. The van der Waals surface area contributed by atoms with E-state index < -0.39 is 75.3 Å². The number of alkyl halides is 2. The van der Waals surface area contributed by atoms with Crippen LogP contribution in [0.2, 0.25) is 0 Å². The lowest BCUT2D eigenvalue weighted by Crippen LogP contribution is -2.72. The highest BCUT2D eigenvalue weighted by Gasteiger charge is 2.81. The summed E-state index contributed by atoms with van der Waals surface area (Å²) in [7, 11) is 0. The first-order valence-electron chi connectivity index (χ1n) is 13.9. The van der Waals surface area contributed by atoms with Crippen LogP contribution in [-0.4, -0.2) is 64.3 Å². The third-order valence-corrected chi connectivity index (χ3v) is 12.0. The number of nitrogens with zero attached hydrogens (tertiary/aromatic N) is 1. The molecule has 4 aliphatic carbocycles. The second kappa shape index (κ2) is 8.58. The third-order valence-electron chi connectivity index (χ3n) is 12.0. The molecule has 0 bridgehead atoms. The van der Waals surface area contributed by atoms with E-state index in [0.717, 1.165) is 12.1 Å². The zero-order chi connectivity index (χ0) is 29.0. The predicted octanol–water partition coefficient (Wildman–Crippen LogP) is 4.26. The van der Waals surface area contributed by atoms with Crippen LogP contribution in [0.5, 0.6) is 0 Å². The normalized spacial score (nSPS) is 45.9. The number of halogens is 4.